The number of sulfone groups is 1. The fourth-order valence-electron chi connectivity index (χ4n) is 1.57. The van der Waals surface area contributed by atoms with Gasteiger partial charge in [-0.05, 0) is 62.9 Å². The lowest BCUT2D eigenvalue weighted by Gasteiger charge is -2.06. The van der Waals surface area contributed by atoms with Gasteiger partial charge in [-0.2, -0.15) is 11.3 Å². The van der Waals surface area contributed by atoms with Gasteiger partial charge in [-0.25, -0.2) is 8.42 Å². The average molecular weight is 346 g/mol. The number of nitrogen functional groups attached to an aromatic ring is 1. The molecule has 0 aliphatic heterocycles. The summed E-state index contributed by atoms with van der Waals surface area (Å²) in [5, 5.41) is 3.91. The first-order valence-corrected chi connectivity index (χ1v) is 8.67. The smallest absolute Gasteiger partial charge is 0.179 e. The molecule has 0 aliphatic carbocycles. The molecule has 0 bridgehead atoms. The Morgan fingerprint density at radius 1 is 1.28 bits per heavy atom. The van der Waals surface area contributed by atoms with E-state index < -0.39 is 9.84 Å². The van der Waals surface area contributed by atoms with Gasteiger partial charge in [-0.3, -0.25) is 0 Å². The van der Waals surface area contributed by atoms with E-state index in [0.29, 0.717) is 21.5 Å². The summed E-state index contributed by atoms with van der Waals surface area (Å²) >= 11 is 4.82. The van der Waals surface area contributed by atoms with Gasteiger partial charge in [-0.1, -0.05) is 0 Å². The summed E-state index contributed by atoms with van der Waals surface area (Å²) in [6.07, 6.45) is 0.530. The Labute approximate surface area is 119 Å². The number of halogens is 1. The van der Waals surface area contributed by atoms with Gasteiger partial charge < -0.3 is 5.73 Å². The normalized spacial score (nSPS) is 11.6. The second kappa shape index (κ2) is 5.42. The topological polar surface area (TPSA) is 60.2 Å². The lowest BCUT2D eigenvalue weighted by Crippen LogP contribution is -2.09. The maximum Gasteiger partial charge on any atom is 0.179 e. The van der Waals surface area contributed by atoms with Gasteiger partial charge in [-0.15, -0.1) is 0 Å². The molecule has 3 nitrogen and oxygen atoms in total. The van der Waals surface area contributed by atoms with Gasteiger partial charge in [0.25, 0.3) is 0 Å². The number of hydrogen-bond acceptors (Lipinski definition) is 4. The van der Waals surface area contributed by atoms with E-state index in [1.807, 2.05) is 16.8 Å². The highest BCUT2D eigenvalue weighted by atomic mass is 79.9. The summed E-state index contributed by atoms with van der Waals surface area (Å²) < 4.78 is 24.9. The number of nitrogens with two attached hydrogens (primary N) is 1. The first-order chi connectivity index (χ1) is 8.49. The molecule has 1 heterocycles. The highest BCUT2D eigenvalue weighted by Gasteiger charge is 2.17. The molecule has 1 aromatic heterocycles. The van der Waals surface area contributed by atoms with E-state index in [0.717, 1.165) is 5.56 Å². The largest absolute Gasteiger partial charge is 0.399 e. The van der Waals surface area contributed by atoms with Crippen LogP contribution in [0.1, 0.15) is 5.56 Å². The summed E-state index contributed by atoms with van der Waals surface area (Å²) in [5.74, 6) is 0.103. The number of hydrogen-bond donors (Lipinski definition) is 1. The predicted octanol–water partition coefficient (Wildman–Crippen LogP) is 3.11. The summed E-state index contributed by atoms with van der Waals surface area (Å²) in [6, 6.07) is 6.69. The number of aryl methyl sites for hydroxylation is 1. The Hall–Kier alpha value is -0.850. The zero-order valence-electron chi connectivity index (χ0n) is 9.47. The van der Waals surface area contributed by atoms with Crippen molar-refractivity contribution in [2.75, 3.05) is 11.5 Å². The Bertz CT molecular complexity index is 636. The standard InChI is InChI=1S/C12H12BrNO2S2/c13-11-7-10(14)1-2-12(11)18(15,16)6-4-9-3-5-17-8-9/h1-3,5,7-8H,4,6,14H2. The predicted molar refractivity (Wildman–Crippen MR) is 78.6 cm³/mol. The van der Waals surface area contributed by atoms with Gasteiger partial charge in [0.1, 0.15) is 0 Å². The molecular weight excluding hydrogens is 334 g/mol. The van der Waals surface area contributed by atoms with Crippen LogP contribution in [0.5, 0.6) is 0 Å². The summed E-state index contributed by atoms with van der Waals surface area (Å²) in [4.78, 5) is 0.298. The minimum atomic E-state index is -3.28. The molecule has 0 aliphatic rings. The van der Waals surface area contributed by atoms with Crippen LogP contribution in [0.2, 0.25) is 0 Å². The lowest BCUT2D eigenvalue weighted by molar-refractivity contribution is 0.595. The van der Waals surface area contributed by atoms with Crippen LogP contribution in [-0.4, -0.2) is 14.2 Å². The van der Waals surface area contributed by atoms with Crippen LogP contribution in [0.15, 0.2) is 44.4 Å². The highest BCUT2D eigenvalue weighted by molar-refractivity contribution is 9.10. The molecule has 0 fully saturated rings. The van der Waals surface area contributed by atoms with E-state index in [-0.39, 0.29) is 5.75 Å². The molecule has 6 heteroatoms. The first-order valence-electron chi connectivity index (χ1n) is 5.28. The molecule has 18 heavy (non-hydrogen) atoms. The molecule has 0 saturated carbocycles. The quantitative estimate of drug-likeness (QED) is 0.866. The highest BCUT2D eigenvalue weighted by Crippen LogP contribution is 2.25. The molecular formula is C12H12BrNO2S2. The fourth-order valence-corrected chi connectivity index (χ4v) is 4.76. The zero-order valence-corrected chi connectivity index (χ0v) is 12.7. The molecule has 0 spiro atoms. The number of anilines is 1. The zero-order chi connectivity index (χ0) is 13.2. The van der Waals surface area contributed by atoms with Crippen molar-refractivity contribution in [3.63, 3.8) is 0 Å². The molecule has 1 aromatic carbocycles. The second-order valence-corrected chi connectivity index (χ2v) is 7.60. The van der Waals surface area contributed by atoms with Gasteiger partial charge >= 0.3 is 0 Å². The Kier molecular flexibility index (Phi) is 4.09. The lowest BCUT2D eigenvalue weighted by atomic mass is 10.3. The average Bonchev–Trinajstić information content (AvgIpc) is 2.78. The van der Waals surface area contributed by atoms with Crippen LogP contribution in [0.4, 0.5) is 5.69 Å². The Morgan fingerprint density at radius 3 is 2.67 bits per heavy atom. The number of benzene rings is 1. The van der Waals surface area contributed by atoms with Crippen LogP contribution < -0.4 is 5.73 Å². The van der Waals surface area contributed by atoms with Crippen LogP contribution in [0.3, 0.4) is 0 Å². The number of rotatable bonds is 4. The van der Waals surface area contributed by atoms with Gasteiger partial charge in [0, 0.05) is 10.2 Å². The van der Waals surface area contributed by atoms with Crippen molar-refractivity contribution in [2.24, 2.45) is 0 Å². The molecule has 2 aromatic rings. The molecule has 2 N–H and O–H groups in total. The second-order valence-electron chi connectivity index (χ2n) is 3.89. The van der Waals surface area contributed by atoms with Crippen molar-refractivity contribution >= 4 is 42.8 Å². The van der Waals surface area contributed by atoms with Gasteiger partial charge in [0.05, 0.1) is 10.6 Å². The van der Waals surface area contributed by atoms with E-state index >= 15 is 0 Å². The van der Waals surface area contributed by atoms with Crippen LogP contribution >= 0.6 is 27.3 Å². The minimum absolute atomic E-state index is 0.103. The molecule has 2 rings (SSSR count). The summed E-state index contributed by atoms with van der Waals surface area (Å²) in [6.45, 7) is 0. The van der Waals surface area contributed by atoms with Crippen molar-refractivity contribution < 1.29 is 8.42 Å². The molecule has 0 atom stereocenters. The van der Waals surface area contributed by atoms with E-state index in [4.69, 9.17) is 5.73 Å². The Balaban J connectivity index is 2.20. The van der Waals surface area contributed by atoms with Crippen molar-refractivity contribution in [1.29, 1.82) is 0 Å². The molecule has 0 unspecified atom stereocenters. The van der Waals surface area contributed by atoms with E-state index in [2.05, 4.69) is 15.9 Å². The first kappa shape index (κ1) is 13.6. The number of thiophene rings is 1. The van der Waals surface area contributed by atoms with Crippen molar-refractivity contribution in [2.45, 2.75) is 11.3 Å². The summed E-state index contributed by atoms with van der Waals surface area (Å²) in [5.41, 5.74) is 7.19. The Morgan fingerprint density at radius 2 is 2.06 bits per heavy atom. The third-order valence-electron chi connectivity index (χ3n) is 2.53. The maximum absolute atomic E-state index is 12.2. The molecule has 0 saturated heterocycles. The van der Waals surface area contributed by atoms with Gasteiger partial charge in [0.2, 0.25) is 0 Å². The fraction of sp³-hybridized carbons (Fsp3) is 0.167. The maximum atomic E-state index is 12.2. The van der Waals surface area contributed by atoms with Gasteiger partial charge in [0.15, 0.2) is 9.84 Å². The van der Waals surface area contributed by atoms with E-state index in [9.17, 15) is 8.42 Å². The van der Waals surface area contributed by atoms with Crippen LogP contribution in [-0.2, 0) is 16.3 Å². The minimum Gasteiger partial charge on any atom is -0.399 e. The van der Waals surface area contributed by atoms with Crippen molar-refractivity contribution in [1.82, 2.24) is 0 Å². The molecule has 0 radical (unpaired) electrons. The summed E-state index contributed by atoms with van der Waals surface area (Å²) in [7, 11) is -3.28. The van der Waals surface area contributed by atoms with E-state index in [1.165, 1.54) is 0 Å². The van der Waals surface area contributed by atoms with Crippen LogP contribution in [0.25, 0.3) is 0 Å². The van der Waals surface area contributed by atoms with Crippen molar-refractivity contribution in [3.8, 4) is 0 Å². The molecule has 96 valence electrons. The van der Waals surface area contributed by atoms with E-state index in [1.54, 1.807) is 29.5 Å². The third kappa shape index (κ3) is 3.13. The SMILES string of the molecule is Nc1ccc(S(=O)(=O)CCc2ccsc2)c(Br)c1. The molecule has 0 amide bonds. The van der Waals surface area contributed by atoms with Crippen LogP contribution in [0, 0.1) is 0 Å². The van der Waals surface area contributed by atoms with Crippen molar-refractivity contribution in [3.05, 3.63) is 45.1 Å². The third-order valence-corrected chi connectivity index (χ3v) is 5.95. The monoisotopic (exact) mass is 345 g/mol.